The van der Waals surface area contributed by atoms with Crippen molar-refractivity contribution in [3.63, 3.8) is 0 Å². The zero-order valence-corrected chi connectivity index (χ0v) is 14.1. The fraction of sp³-hybridized carbons (Fsp3) is 0.333. The van der Waals surface area contributed by atoms with Crippen LogP contribution in [-0.4, -0.2) is 37.7 Å². The van der Waals surface area contributed by atoms with E-state index in [2.05, 4.69) is 14.9 Å². The lowest BCUT2D eigenvalue weighted by Gasteiger charge is -2.18. The third-order valence-corrected chi connectivity index (χ3v) is 5.56. The molecule has 0 bridgehead atoms. The number of sulfonamides is 1. The second-order valence-electron chi connectivity index (χ2n) is 5.83. The van der Waals surface area contributed by atoms with E-state index in [0.29, 0.717) is 18.8 Å². The van der Waals surface area contributed by atoms with Crippen LogP contribution in [0.1, 0.15) is 12.0 Å². The molecule has 1 aromatic heterocycles. The Balaban J connectivity index is 1.77. The summed E-state index contributed by atoms with van der Waals surface area (Å²) in [7, 11) is -4.34. The first kappa shape index (κ1) is 18.4. The molecule has 7 nitrogen and oxygen atoms in total. The van der Waals surface area contributed by atoms with Crippen molar-refractivity contribution in [1.29, 1.82) is 0 Å². The monoisotopic (exact) mass is 388 g/mol. The molecule has 1 atom stereocenters. The van der Waals surface area contributed by atoms with Crippen LogP contribution in [0.25, 0.3) is 0 Å². The molecule has 2 N–H and O–H groups in total. The Bertz CT molecular complexity index is 939. The van der Waals surface area contributed by atoms with Crippen LogP contribution in [0.4, 0.5) is 19.0 Å². The highest BCUT2D eigenvalue weighted by atomic mass is 32.2. The second kappa shape index (κ2) is 6.72. The van der Waals surface area contributed by atoms with Gasteiger partial charge in [0.05, 0.1) is 10.5 Å². The van der Waals surface area contributed by atoms with Gasteiger partial charge in [0, 0.05) is 25.2 Å². The molecule has 0 aliphatic carbocycles. The smallest absolute Gasteiger partial charge is 0.354 e. The minimum atomic E-state index is -4.77. The lowest BCUT2D eigenvalue weighted by atomic mass is 10.2. The second-order valence-corrected chi connectivity index (χ2v) is 7.51. The standard InChI is InChI=1S/C15H15F3N4O3S/c16-15(17,18)11-3-1-2-4-12(11)26(24,25)21-10-7-8-22(9-10)13-5-6-14(23)20-19-13/h1-6,10,21H,7-9H2,(H,20,23). The van der Waals surface area contributed by atoms with Crippen molar-refractivity contribution < 1.29 is 21.6 Å². The first-order valence-corrected chi connectivity index (χ1v) is 9.14. The van der Waals surface area contributed by atoms with Gasteiger partial charge in [-0.2, -0.15) is 18.3 Å². The van der Waals surface area contributed by atoms with Gasteiger partial charge in [0.25, 0.3) is 5.56 Å². The molecule has 1 unspecified atom stereocenters. The van der Waals surface area contributed by atoms with Crippen molar-refractivity contribution in [3.8, 4) is 0 Å². The van der Waals surface area contributed by atoms with Gasteiger partial charge in [0.15, 0.2) is 0 Å². The molecule has 1 aliphatic heterocycles. The maximum atomic E-state index is 13.1. The van der Waals surface area contributed by atoms with E-state index in [-0.39, 0.29) is 12.1 Å². The number of aromatic amines is 1. The molecule has 1 saturated heterocycles. The highest BCUT2D eigenvalue weighted by Crippen LogP contribution is 2.34. The minimum absolute atomic E-state index is 0.229. The Morgan fingerprint density at radius 2 is 1.92 bits per heavy atom. The Kier molecular flexibility index (Phi) is 4.76. The zero-order chi connectivity index (χ0) is 18.9. The minimum Gasteiger partial charge on any atom is -0.354 e. The van der Waals surface area contributed by atoms with Crippen LogP contribution in [0.15, 0.2) is 46.1 Å². The van der Waals surface area contributed by atoms with Crippen LogP contribution in [0.3, 0.4) is 0 Å². The van der Waals surface area contributed by atoms with E-state index >= 15 is 0 Å². The number of aromatic nitrogens is 2. The number of benzene rings is 1. The molecular weight excluding hydrogens is 373 g/mol. The molecule has 140 valence electrons. The van der Waals surface area contributed by atoms with Crippen LogP contribution in [0.2, 0.25) is 0 Å². The van der Waals surface area contributed by atoms with Crippen molar-refractivity contribution in [2.45, 2.75) is 23.5 Å². The lowest BCUT2D eigenvalue weighted by Crippen LogP contribution is -2.38. The summed E-state index contributed by atoms with van der Waals surface area (Å²) >= 11 is 0. The largest absolute Gasteiger partial charge is 0.417 e. The number of anilines is 1. The third-order valence-electron chi connectivity index (χ3n) is 3.98. The van der Waals surface area contributed by atoms with Crippen LogP contribution in [0.5, 0.6) is 0 Å². The van der Waals surface area contributed by atoms with Gasteiger partial charge in [-0.15, -0.1) is 0 Å². The van der Waals surface area contributed by atoms with Crippen molar-refractivity contribution in [2.75, 3.05) is 18.0 Å². The fourth-order valence-electron chi connectivity index (χ4n) is 2.80. The SMILES string of the molecule is O=c1ccc(N2CCC(NS(=O)(=O)c3ccccc3C(F)(F)F)C2)n[nH]1. The predicted molar refractivity (Wildman–Crippen MR) is 87.2 cm³/mol. The summed E-state index contributed by atoms with van der Waals surface area (Å²) in [6.45, 7) is 0.680. The van der Waals surface area contributed by atoms with E-state index in [0.717, 1.165) is 18.2 Å². The van der Waals surface area contributed by atoms with E-state index in [9.17, 15) is 26.4 Å². The number of hydrogen-bond acceptors (Lipinski definition) is 5. The number of halogens is 3. The van der Waals surface area contributed by atoms with Crippen molar-refractivity contribution in [3.05, 3.63) is 52.3 Å². The Morgan fingerprint density at radius 1 is 1.19 bits per heavy atom. The van der Waals surface area contributed by atoms with E-state index in [4.69, 9.17) is 0 Å². The van der Waals surface area contributed by atoms with Crippen LogP contribution in [0, 0.1) is 0 Å². The molecular formula is C15H15F3N4O3S. The average Bonchev–Trinajstić information content (AvgIpc) is 3.02. The summed E-state index contributed by atoms with van der Waals surface area (Å²) in [6.07, 6.45) is -4.37. The first-order valence-electron chi connectivity index (χ1n) is 7.66. The van der Waals surface area contributed by atoms with E-state index in [1.807, 2.05) is 0 Å². The average molecular weight is 388 g/mol. The van der Waals surface area contributed by atoms with Gasteiger partial charge in [-0.3, -0.25) is 4.79 Å². The summed E-state index contributed by atoms with van der Waals surface area (Å²) in [4.78, 5) is 12.0. The highest BCUT2D eigenvalue weighted by Gasteiger charge is 2.38. The third kappa shape index (κ3) is 3.88. The summed E-state index contributed by atoms with van der Waals surface area (Å²) in [6, 6.07) is 6.26. The normalized spacial score (nSPS) is 18.3. The molecule has 0 amide bonds. The molecule has 2 aromatic rings. The summed E-state index contributed by atoms with van der Waals surface area (Å²) < 4.78 is 66.4. The number of alkyl halides is 3. The van der Waals surface area contributed by atoms with E-state index < -0.39 is 32.7 Å². The fourth-order valence-corrected chi connectivity index (χ4v) is 4.29. The van der Waals surface area contributed by atoms with Crippen LogP contribution in [-0.2, 0) is 16.2 Å². The Hall–Kier alpha value is -2.40. The van der Waals surface area contributed by atoms with Gasteiger partial charge in [-0.25, -0.2) is 18.2 Å². The van der Waals surface area contributed by atoms with Crippen molar-refractivity contribution in [2.24, 2.45) is 0 Å². The highest BCUT2D eigenvalue weighted by molar-refractivity contribution is 7.89. The number of H-pyrrole nitrogens is 1. The molecule has 3 rings (SSSR count). The van der Waals surface area contributed by atoms with E-state index in [1.54, 1.807) is 4.90 Å². The number of nitrogens with zero attached hydrogens (tertiary/aromatic N) is 2. The molecule has 2 heterocycles. The van der Waals surface area contributed by atoms with Crippen LogP contribution < -0.4 is 15.2 Å². The molecule has 11 heteroatoms. The van der Waals surface area contributed by atoms with Gasteiger partial charge in [0.1, 0.15) is 5.82 Å². The molecule has 0 radical (unpaired) electrons. The number of hydrogen-bond donors (Lipinski definition) is 2. The van der Waals surface area contributed by atoms with Gasteiger partial charge in [0.2, 0.25) is 10.0 Å². The van der Waals surface area contributed by atoms with Crippen molar-refractivity contribution in [1.82, 2.24) is 14.9 Å². The topological polar surface area (TPSA) is 95.2 Å². The molecule has 1 aliphatic rings. The maximum Gasteiger partial charge on any atom is 0.417 e. The van der Waals surface area contributed by atoms with Crippen LogP contribution >= 0.6 is 0 Å². The number of rotatable bonds is 4. The molecule has 0 spiro atoms. The van der Waals surface area contributed by atoms with Gasteiger partial charge in [-0.05, 0) is 24.6 Å². The summed E-state index contributed by atoms with van der Waals surface area (Å²) in [5.41, 5.74) is -1.57. The summed E-state index contributed by atoms with van der Waals surface area (Å²) in [5.74, 6) is 0.460. The molecule has 0 saturated carbocycles. The Labute approximate surface area is 146 Å². The zero-order valence-electron chi connectivity index (χ0n) is 13.3. The van der Waals surface area contributed by atoms with Crippen molar-refractivity contribution >= 4 is 15.8 Å². The lowest BCUT2D eigenvalue weighted by molar-refractivity contribution is -0.139. The van der Waals surface area contributed by atoms with Gasteiger partial charge in [-0.1, -0.05) is 12.1 Å². The van der Waals surface area contributed by atoms with Gasteiger partial charge < -0.3 is 4.90 Å². The molecule has 26 heavy (non-hydrogen) atoms. The van der Waals surface area contributed by atoms with Gasteiger partial charge >= 0.3 is 6.18 Å². The quantitative estimate of drug-likeness (QED) is 0.824. The maximum absolute atomic E-state index is 13.1. The molecule has 1 fully saturated rings. The van der Waals surface area contributed by atoms with E-state index in [1.165, 1.54) is 18.2 Å². The summed E-state index contributed by atoms with van der Waals surface area (Å²) in [5, 5.41) is 6.14. The number of nitrogens with one attached hydrogen (secondary N) is 2. The first-order chi connectivity index (χ1) is 12.2. The predicted octanol–water partition coefficient (Wildman–Crippen LogP) is 1.35. The molecule has 1 aromatic carbocycles. The Morgan fingerprint density at radius 3 is 2.58 bits per heavy atom.